The number of alkyl halides is 2. The van der Waals surface area contributed by atoms with Crippen molar-refractivity contribution in [1.82, 2.24) is 5.32 Å². The molecule has 1 aliphatic rings. The molecule has 0 aromatic carbocycles. The number of nitrogens with two attached hydrogens (primary N) is 1. The molecular formula is C11H20F2N2O2. The van der Waals surface area contributed by atoms with Crippen LogP contribution in [0.2, 0.25) is 0 Å². The quantitative estimate of drug-likeness (QED) is 0.805. The Kier molecular flexibility index (Phi) is 3.66. The second-order valence-electron chi connectivity index (χ2n) is 5.47. The van der Waals surface area contributed by atoms with Crippen LogP contribution in [-0.4, -0.2) is 29.7 Å². The first-order valence-corrected chi connectivity index (χ1v) is 5.71. The average Bonchev–Trinajstić information content (AvgIpc) is 2.08. The van der Waals surface area contributed by atoms with Crippen molar-refractivity contribution >= 4 is 6.09 Å². The van der Waals surface area contributed by atoms with Gasteiger partial charge in [0, 0.05) is 0 Å². The van der Waals surface area contributed by atoms with E-state index < -0.39 is 29.7 Å². The zero-order chi connectivity index (χ0) is 13.3. The SMILES string of the molecule is CC(C)(C)OC(=O)NC1(C(F)(F)CN)CCC1. The Labute approximate surface area is 99.9 Å². The average molecular weight is 250 g/mol. The standard InChI is InChI=1S/C11H20F2N2O2/c1-9(2,3)17-8(16)15-10(5-4-6-10)11(12,13)7-14/h4-7,14H2,1-3H3,(H,15,16). The molecule has 1 fully saturated rings. The molecule has 0 radical (unpaired) electrons. The summed E-state index contributed by atoms with van der Waals surface area (Å²) >= 11 is 0. The van der Waals surface area contributed by atoms with E-state index in [0.29, 0.717) is 6.42 Å². The first-order chi connectivity index (χ1) is 7.62. The van der Waals surface area contributed by atoms with E-state index in [4.69, 9.17) is 10.5 Å². The molecule has 4 nitrogen and oxygen atoms in total. The second-order valence-corrected chi connectivity index (χ2v) is 5.47. The second kappa shape index (κ2) is 4.40. The highest BCUT2D eigenvalue weighted by atomic mass is 19.3. The number of carbonyl (C=O) groups is 1. The van der Waals surface area contributed by atoms with Gasteiger partial charge in [-0.1, -0.05) is 0 Å². The molecule has 0 unspecified atom stereocenters. The lowest BCUT2D eigenvalue weighted by atomic mass is 9.72. The summed E-state index contributed by atoms with van der Waals surface area (Å²) in [6.45, 7) is 4.27. The molecule has 17 heavy (non-hydrogen) atoms. The Morgan fingerprint density at radius 2 is 1.94 bits per heavy atom. The Morgan fingerprint density at radius 1 is 1.41 bits per heavy atom. The summed E-state index contributed by atoms with van der Waals surface area (Å²) in [5, 5.41) is 2.29. The number of nitrogens with one attached hydrogen (secondary N) is 1. The van der Waals surface area contributed by atoms with Crippen LogP contribution in [0.3, 0.4) is 0 Å². The number of carbonyl (C=O) groups excluding carboxylic acids is 1. The van der Waals surface area contributed by atoms with Crippen molar-refractivity contribution in [2.45, 2.75) is 57.1 Å². The van der Waals surface area contributed by atoms with E-state index in [1.807, 2.05) is 0 Å². The van der Waals surface area contributed by atoms with Gasteiger partial charge in [-0.25, -0.2) is 13.6 Å². The van der Waals surface area contributed by atoms with E-state index in [2.05, 4.69) is 5.32 Å². The zero-order valence-electron chi connectivity index (χ0n) is 10.5. The summed E-state index contributed by atoms with van der Waals surface area (Å²) in [7, 11) is 0. The van der Waals surface area contributed by atoms with Gasteiger partial charge in [-0.05, 0) is 40.0 Å². The Hall–Kier alpha value is -0.910. The van der Waals surface area contributed by atoms with Crippen molar-refractivity contribution in [3.05, 3.63) is 0 Å². The summed E-state index contributed by atoms with van der Waals surface area (Å²) in [5.74, 6) is -3.10. The molecule has 0 aromatic rings. The molecule has 3 N–H and O–H groups in total. The van der Waals surface area contributed by atoms with Crippen LogP contribution in [0.15, 0.2) is 0 Å². The van der Waals surface area contributed by atoms with Crippen LogP contribution < -0.4 is 11.1 Å². The first kappa shape index (κ1) is 14.2. The molecule has 0 atom stereocenters. The van der Waals surface area contributed by atoms with Gasteiger partial charge in [-0.2, -0.15) is 0 Å². The molecule has 1 rings (SSSR count). The molecule has 0 heterocycles. The summed E-state index contributed by atoms with van der Waals surface area (Å²) in [4.78, 5) is 11.5. The molecule has 0 aromatic heterocycles. The van der Waals surface area contributed by atoms with Crippen molar-refractivity contribution in [3.8, 4) is 0 Å². The molecule has 0 spiro atoms. The molecule has 0 bridgehead atoms. The van der Waals surface area contributed by atoms with Crippen LogP contribution in [-0.2, 0) is 4.74 Å². The highest BCUT2D eigenvalue weighted by Crippen LogP contribution is 2.43. The maximum Gasteiger partial charge on any atom is 0.408 e. The van der Waals surface area contributed by atoms with Crippen LogP contribution in [0.25, 0.3) is 0 Å². The van der Waals surface area contributed by atoms with Gasteiger partial charge >= 0.3 is 6.09 Å². The number of alkyl carbamates (subject to hydrolysis) is 1. The van der Waals surface area contributed by atoms with Gasteiger partial charge in [0.2, 0.25) is 0 Å². The highest BCUT2D eigenvalue weighted by Gasteiger charge is 2.57. The lowest BCUT2D eigenvalue weighted by molar-refractivity contribution is -0.115. The van der Waals surface area contributed by atoms with E-state index in [1.54, 1.807) is 20.8 Å². The summed E-state index contributed by atoms with van der Waals surface area (Å²) in [5.41, 5.74) is 2.84. The van der Waals surface area contributed by atoms with Gasteiger partial charge < -0.3 is 15.8 Å². The molecule has 1 aliphatic carbocycles. The van der Waals surface area contributed by atoms with Gasteiger partial charge in [-0.3, -0.25) is 0 Å². The molecule has 100 valence electrons. The number of hydrogen-bond acceptors (Lipinski definition) is 3. The number of hydrogen-bond donors (Lipinski definition) is 2. The third-order valence-corrected chi connectivity index (χ3v) is 2.90. The van der Waals surface area contributed by atoms with Crippen molar-refractivity contribution in [1.29, 1.82) is 0 Å². The van der Waals surface area contributed by atoms with Crippen LogP contribution in [0.5, 0.6) is 0 Å². The lowest BCUT2D eigenvalue weighted by Gasteiger charge is -2.47. The van der Waals surface area contributed by atoms with Crippen molar-refractivity contribution in [2.75, 3.05) is 6.54 Å². The maximum atomic E-state index is 13.7. The van der Waals surface area contributed by atoms with E-state index in [9.17, 15) is 13.6 Å². The minimum absolute atomic E-state index is 0.233. The molecule has 0 saturated heterocycles. The van der Waals surface area contributed by atoms with Gasteiger partial charge in [0.1, 0.15) is 11.1 Å². The fourth-order valence-electron chi connectivity index (χ4n) is 1.81. The van der Waals surface area contributed by atoms with Crippen LogP contribution >= 0.6 is 0 Å². The summed E-state index contributed by atoms with van der Waals surface area (Å²) < 4.78 is 32.3. The van der Waals surface area contributed by atoms with Crippen molar-refractivity contribution < 1.29 is 18.3 Å². The molecule has 0 aliphatic heterocycles. The normalized spacial score (nSPS) is 19.4. The largest absolute Gasteiger partial charge is 0.444 e. The van der Waals surface area contributed by atoms with Gasteiger partial charge in [0.15, 0.2) is 0 Å². The Morgan fingerprint density at radius 3 is 2.24 bits per heavy atom. The monoisotopic (exact) mass is 250 g/mol. The lowest BCUT2D eigenvalue weighted by Crippen LogP contribution is -2.67. The first-order valence-electron chi connectivity index (χ1n) is 5.71. The molecule has 1 saturated carbocycles. The van der Waals surface area contributed by atoms with E-state index in [1.165, 1.54) is 0 Å². The van der Waals surface area contributed by atoms with Crippen LogP contribution in [0.1, 0.15) is 40.0 Å². The minimum Gasteiger partial charge on any atom is -0.444 e. The zero-order valence-corrected chi connectivity index (χ0v) is 10.5. The van der Waals surface area contributed by atoms with E-state index >= 15 is 0 Å². The topological polar surface area (TPSA) is 64.3 Å². The van der Waals surface area contributed by atoms with Crippen molar-refractivity contribution in [2.24, 2.45) is 5.73 Å². The van der Waals surface area contributed by atoms with Crippen LogP contribution in [0, 0.1) is 0 Å². The molecule has 6 heteroatoms. The fourth-order valence-corrected chi connectivity index (χ4v) is 1.81. The number of rotatable bonds is 3. The van der Waals surface area contributed by atoms with Gasteiger partial charge in [0.05, 0.1) is 6.54 Å². The Balaban J connectivity index is 2.68. The van der Waals surface area contributed by atoms with Crippen molar-refractivity contribution in [3.63, 3.8) is 0 Å². The third kappa shape index (κ3) is 3.06. The van der Waals surface area contributed by atoms with Crippen LogP contribution in [0.4, 0.5) is 13.6 Å². The number of ether oxygens (including phenoxy) is 1. The summed E-state index contributed by atoms with van der Waals surface area (Å²) in [6.07, 6.45) is 0.309. The fraction of sp³-hybridized carbons (Fsp3) is 0.909. The minimum atomic E-state index is -3.10. The summed E-state index contributed by atoms with van der Waals surface area (Å²) in [6, 6.07) is 0. The molecular weight excluding hydrogens is 230 g/mol. The van der Waals surface area contributed by atoms with E-state index in [-0.39, 0.29) is 12.8 Å². The number of amides is 1. The highest BCUT2D eigenvalue weighted by molar-refractivity contribution is 5.69. The smallest absolute Gasteiger partial charge is 0.408 e. The predicted octanol–water partition coefficient (Wildman–Crippen LogP) is 2.03. The number of halogens is 2. The van der Waals surface area contributed by atoms with E-state index in [0.717, 1.165) is 0 Å². The maximum absolute atomic E-state index is 13.7. The third-order valence-electron chi connectivity index (χ3n) is 2.90. The predicted molar refractivity (Wildman–Crippen MR) is 60.0 cm³/mol. The Bertz CT molecular complexity index is 296. The molecule has 1 amide bonds. The van der Waals surface area contributed by atoms with Gasteiger partial charge in [-0.15, -0.1) is 0 Å². The van der Waals surface area contributed by atoms with Gasteiger partial charge in [0.25, 0.3) is 5.92 Å².